The van der Waals surface area contributed by atoms with E-state index in [0.29, 0.717) is 18.7 Å². The summed E-state index contributed by atoms with van der Waals surface area (Å²) < 4.78 is 39.9. The van der Waals surface area contributed by atoms with E-state index in [9.17, 15) is 18.0 Å². The fourth-order valence-corrected chi connectivity index (χ4v) is 1.61. The highest BCUT2D eigenvalue weighted by atomic mass is 19.4. The number of hydrogen-bond donors (Lipinski definition) is 3. The number of hydrogen-bond acceptors (Lipinski definition) is 3. The molecule has 0 aliphatic heterocycles. The Bertz CT molecular complexity index is 557. The van der Waals surface area contributed by atoms with Crippen LogP contribution >= 0.6 is 0 Å². The number of alkyl halides is 3. The molecule has 9 heteroatoms. The molecule has 0 heterocycles. The molecular weight excluding hydrogens is 325 g/mol. The Labute approximate surface area is 138 Å². The summed E-state index contributed by atoms with van der Waals surface area (Å²) in [6.07, 6.45) is -4.71. The van der Waals surface area contributed by atoms with Crippen molar-refractivity contribution in [2.24, 2.45) is 16.6 Å². The maximum Gasteiger partial charge on any atom is 0.573 e. The Hall–Kier alpha value is -2.45. The molecule has 0 saturated heterocycles. The lowest BCUT2D eigenvalue weighted by Gasteiger charge is -2.10. The quantitative estimate of drug-likeness (QED) is 0.399. The molecule has 0 atom stereocenters. The number of benzene rings is 1. The zero-order valence-corrected chi connectivity index (χ0v) is 13.5. The third-order valence-electron chi connectivity index (χ3n) is 2.84. The standard InChI is InChI=1S/C15H21F3N4O2/c1-10(2)13(23)20-7-8-21-14(19)22-9-11-3-5-12(6-4-11)24-15(16,17)18/h3-6,10H,7-9H2,1-2H3,(H,20,23)(H3,19,21,22). The van der Waals surface area contributed by atoms with Crippen LogP contribution in [-0.4, -0.2) is 31.3 Å². The molecule has 1 rings (SSSR count). The highest BCUT2D eigenvalue weighted by Crippen LogP contribution is 2.22. The minimum Gasteiger partial charge on any atom is -0.406 e. The number of nitrogens with one attached hydrogen (secondary N) is 2. The van der Waals surface area contributed by atoms with E-state index in [1.807, 2.05) is 0 Å². The first-order valence-electron chi connectivity index (χ1n) is 7.33. The summed E-state index contributed by atoms with van der Waals surface area (Å²) in [5, 5.41) is 5.55. The van der Waals surface area contributed by atoms with Crippen molar-refractivity contribution in [3.63, 3.8) is 0 Å². The number of halogens is 3. The highest BCUT2D eigenvalue weighted by Gasteiger charge is 2.30. The maximum absolute atomic E-state index is 12.0. The number of guanidine groups is 1. The Morgan fingerprint density at radius 1 is 1.21 bits per heavy atom. The van der Waals surface area contributed by atoms with E-state index >= 15 is 0 Å². The van der Waals surface area contributed by atoms with Gasteiger partial charge in [0.05, 0.1) is 6.54 Å². The van der Waals surface area contributed by atoms with Gasteiger partial charge in [-0.25, -0.2) is 4.99 Å². The van der Waals surface area contributed by atoms with E-state index in [2.05, 4.69) is 20.4 Å². The summed E-state index contributed by atoms with van der Waals surface area (Å²) in [7, 11) is 0. The first-order chi connectivity index (χ1) is 11.2. The topological polar surface area (TPSA) is 88.7 Å². The highest BCUT2D eigenvalue weighted by molar-refractivity contribution is 5.79. The fraction of sp³-hybridized carbons (Fsp3) is 0.467. The normalized spacial score (nSPS) is 12.2. The van der Waals surface area contributed by atoms with Crippen LogP contribution in [0.2, 0.25) is 0 Å². The van der Waals surface area contributed by atoms with Gasteiger partial charge in [-0.3, -0.25) is 4.79 Å². The van der Waals surface area contributed by atoms with Gasteiger partial charge in [-0.2, -0.15) is 0 Å². The van der Waals surface area contributed by atoms with Crippen LogP contribution in [0.5, 0.6) is 5.75 Å². The molecule has 0 spiro atoms. The van der Waals surface area contributed by atoms with Crippen molar-refractivity contribution in [2.45, 2.75) is 26.8 Å². The third-order valence-corrected chi connectivity index (χ3v) is 2.84. The molecule has 4 N–H and O–H groups in total. The molecule has 134 valence electrons. The molecule has 0 aliphatic carbocycles. The van der Waals surface area contributed by atoms with E-state index in [1.54, 1.807) is 13.8 Å². The van der Waals surface area contributed by atoms with Crippen LogP contribution in [0.4, 0.5) is 13.2 Å². The van der Waals surface area contributed by atoms with Crippen molar-refractivity contribution in [2.75, 3.05) is 13.1 Å². The molecule has 0 radical (unpaired) electrons. The van der Waals surface area contributed by atoms with Crippen LogP contribution in [0.3, 0.4) is 0 Å². The van der Waals surface area contributed by atoms with Gasteiger partial charge in [0, 0.05) is 19.0 Å². The van der Waals surface area contributed by atoms with Crippen LogP contribution in [0, 0.1) is 5.92 Å². The van der Waals surface area contributed by atoms with Gasteiger partial charge in [-0.15, -0.1) is 13.2 Å². The average molecular weight is 346 g/mol. The zero-order chi connectivity index (χ0) is 18.2. The summed E-state index contributed by atoms with van der Waals surface area (Å²) in [6, 6.07) is 5.37. The second-order valence-electron chi connectivity index (χ2n) is 5.27. The summed E-state index contributed by atoms with van der Waals surface area (Å²) in [5.41, 5.74) is 6.35. The lowest BCUT2D eigenvalue weighted by molar-refractivity contribution is -0.274. The van der Waals surface area contributed by atoms with Gasteiger partial charge in [-0.05, 0) is 17.7 Å². The fourth-order valence-electron chi connectivity index (χ4n) is 1.61. The first-order valence-corrected chi connectivity index (χ1v) is 7.33. The van der Waals surface area contributed by atoms with Crippen LogP contribution in [0.1, 0.15) is 19.4 Å². The van der Waals surface area contributed by atoms with E-state index in [-0.39, 0.29) is 30.1 Å². The number of rotatable bonds is 7. The number of amides is 1. The molecule has 0 unspecified atom stereocenters. The average Bonchev–Trinajstić information content (AvgIpc) is 2.49. The third kappa shape index (κ3) is 8.25. The molecule has 1 aromatic carbocycles. The lowest BCUT2D eigenvalue weighted by Crippen LogP contribution is -2.39. The Morgan fingerprint density at radius 3 is 2.33 bits per heavy atom. The summed E-state index contributed by atoms with van der Waals surface area (Å²) >= 11 is 0. The van der Waals surface area contributed by atoms with E-state index in [1.165, 1.54) is 24.3 Å². The molecule has 6 nitrogen and oxygen atoms in total. The van der Waals surface area contributed by atoms with Gasteiger partial charge < -0.3 is 21.1 Å². The van der Waals surface area contributed by atoms with Crippen LogP contribution < -0.4 is 21.1 Å². The van der Waals surface area contributed by atoms with Crippen LogP contribution in [-0.2, 0) is 11.3 Å². The van der Waals surface area contributed by atoms with Crippen molar-refractivity contribution in [3.05, 3.63) is 29.8 Å². The van der Waals surface area contributed by atoms with Crippen molar-refractivity contribution < 1.29 is 22.7 Å². The second kappa shape index (κ2) is 8.99. The molecule has 0 aromatic heterocycles. The van der Waals surface area contributed by atoms with Gasteiger partial charge >= 0.3 is 6.36 Å². The summed E-state index contributed by atoms with van der Waals surface area (Å²) in [6.45, 7) is 4.64. The second-order valence-corrected chi connectivity index (χ2v) is 5.27. The van der Waals surface area contributed by atoms with E-state index in [4.69, 9.17) is 5.73 Å². The molecule has 0 aliphatic rings. The van der Waals surface area contributed by atoms with Crippen molar-refractivity contribution in [1.82, 2.24) is 10.6 Å². The SMILES string of the molecule is CC(C)C(=O)NCCNC(N)=NCc1ccc(OC(F)(F)F)cc1. The Kier molecular flexibility index (Phi) is 7.34. The summed E-state index contributed by atoms with van der Waals surface area (Å²) in [4.78, 5) is 15.4. The Morgan fingerprint density at radius 2 is 1.79 bits per heavy atom. The number of aliphatic imine (C=N–C) groups is 1. The van der Waals surface area contributed by atoms with Gasteiger partial charge in [0.2, 0.25) is 5.91 Å². The molecule has 0 saturated carbocycles. The number of nitrogens with two attached hydrogens (primary N) is 1. The van der Waals surface area contributed by atoms with Gasteiger partial charge in [0.15, 0.2) is 5.96 Å². The monoisotopic (exact) mass is 346 g/mol. The molecule has 0 fully saturated rings. The van der Waals surface area contributed by atoms with Crippen LogP contribution in [0.25, 0.3) is 0 Å². The van der Waals surface area contributed by atoms with Crippen molar-refractivity contribution in [3.8, 4) is 5.75 Å². The molecule has 1 aromatic rings. The van der Waals surface area contributed by atoms with E-state index in [0.717, 1.165) is 0 Å². The smallest absolute Gasteiger partial charge is 0.406 e. The number of carbonyl (C=O) groups excluding carboxylic acids is 1. The number of nitrogens with zero attached hydrogens (tertiary/aromatic N) is 1. The van der Waals surface area contributed by atoms with E-state index < -0.39 is 6.36 Å². The summed E-state index contributed by atoms with van der Waals surface area (Å²) in [5.74, 6) is -0.236. The number of ether oxygens (including phenoxy) is 1. The van der Waals surface area contributed by atoms with Crippen LogP contribution in [0.15, 0.2) is 29.3 Å². The predicted octanol–water partition coefficient (Wildman–Crippen LogP) is 1.76. The van der Waals surface area contributed by atoms with Gasteiger partial charge in [0.1, 0.15) is 5.75 Å². The van der Waals surface area contributed by atoms with Crippen molar-refractivity contribution >= 4 is 11.9 Å². The zero-order valence-electron chi connectivity index (χ0n) is 13.5. The maximum atomic E-state index is 12.0. The molecular formula is C15H21F3N4O2. The largest absolute Gasteiger partial charge is 0.573 e. The molecule has 1 amide bonds. The first kappa shape index (κ1) is 19.6. The predicted molar refractivity (Wildman–Crippen MR) is 84.3 cm³/mol. The minimum absolute atomic E-state index is 0.0477. The lowest BCUT2D eigenvalue weighted by atomic mass is 10.2. The van der Waals surface area contributed by atoms with Crippen molar-refractivity contribution in [1.29, 1.82) is 0 Å². The van der Waals surface area contributed by atoms with Gasteiger partial charge in [-0.1, -0.05) is 26.0 Å². The van der Waals surface area contributed by atoms with Gasteiger partial charge in [0.25, 0.3) is 0 Å². The molecule has 24 heavy (non-hydrogen) atoms. The Balaban J connectivity index is 2.35. The number of carbonyl (C=O) groups is 1. The minimum atomic E-state index is -4.71. The molecule has 0 bridgehead atoms.